The lowest BCUT2D eigenvalue weighted by molar-refractivity contribution is 0.583. The minimum atomic E-state index is -0.376. The molecule has 1 aromatic carbocycles. The lowest BCUT2D eigenvalue weighted by Gasteiger charge is -2.23. The van der Waals surface area contributed by atoms with Crippen LogP contribution in [0.5, 0.6) is 0 Å². The Kier molecular flexibility index (Phi) is 4.40. The zero-order valence-corrected chi connectivity index (χ0v) is 13.5. The van der Waals surface area contributed by atoms with Crippen molar-refractivity contribution in [3.8, 4) is 12.1 Å². The van der Waals surface area contributed by atoms with Gasteiger partial charge in [0.05, 0.1) is 11.1 Å². The molecular formula is C17H16N4S. The number of pyridine rings is 1. The van der Waals surface area contributed by atoms with Gasteiger partial charge in [0.25, 0.3) is 0 Å². The molecule has 22 heavy (non-hydrogen) atoms. The van der Waals surface area contributed by atoms with E-state index in [1.165, 1.54) is 11.8 Å². The van der Waals surface area contributed by atoms with Gasteiger partial charge in [-0.15, -0.1) is 0 Å². The number of hydrogen-bond donors (Lipinski definition) is 1. The maximum absolute atomic E-state index is 9.60. The molecule has 0 bridgehead atoms. The van der Waals surface area contributed by atoms with Gasteiger partial charge in [-0.1, -0.05) is 50.7 Å². The summed E-state index contributed by atoms with van der Waals surface area (Å²) in [5.41, 5.74) is 6.95. The summed E-state index contributed by atoms with van der Waals surface area (Å²) in [7, 11) is 0. The van der Waals surface area contributed by atoms with E-state index >= 15 is 0 Å². The highest BCUT2D eigenvalue weighted by molar-refractivity contribution is 7.99. The van der Waals surface area contributed by atoms with Gasteiger partial charge in [0.15, 0.2) is 0 Å². The molecule has 0 fully saturated rings. The fraction of sp³-hybridized carbons (Fsp3) is 0.235. The average molecular weight is 308 g/mol. The SMILES string of the molecule is CC(C)(C)c1c(C#N)c(N)nc(Sc2ccccc2)c1C#N. The number of rotatable bonds is 2. The number of nitriles is 2. The van der Waals surface area contributed by atoms with Crippen molar-refractivity contribution in [2.24, 2.45) is 0 Å². The molecule has 0 saturated carbocycles. The predicted molar refractivity (Wildman–Crippen MR) is 87.3 cm³/mol. The van der Waals surface area contributed by atoms with E-state index in [0.717, 1.165) is 4.90 Å². The minimum Gasteiger partial charge on any atom is -0.383 e. The van der Waals surface area contributed by atoms with Crippen LogP contribution in [0.2, 0.25) is 0 Å². The summed E-state index contributed by atoms with van der Waals surface area (Å²) in [4.78, 5) is 5.25. The first kappa shape index (κ1) is 15.9. The van der Waals surface area contributed by atoms with Gasteiger partial charge in [0.2, 0.25) is 0 Å². The highest BCUT2D eigenvalue weighted by Gasteiger charge is 2.27. The number of hydrogen-bond acceptors (Lipinski definition) is 5. The van der Waals surface area contributed by atoms with Crippen LogP contribution in [0.15, 0.2) is 40.3 Å². The molecule has 2 N–H and O–H groups in total. The van der Waals surface area contributed by atoms with E-state index in [2.05, 4.69) is 17.1 Å². The zero-order valence-electron chi connectivity index (χ0n) is 12.7. The van der Waals surface area contributed by atoms with E-state index in [4.69, 9.17) is 5.73 Å². The van der Waals surface area contributed by atoms with Crippen LogP contribution in [0.4, 0.5) is 5.82 Å². The molecule has 0 atom stereocenters. The van der Waals surface area contributed by atoms with Crippen LogP contribution in [0, 0.1) is 22.7 Å². The lowest BCUT2D eigenvalue weighted by atomic mass is 9.82. The molecule has 1 heterocycles. The van der Waals surface area contributed by atoms with Crippen molar-refractivity contribution >= 4 is 17.6 Å². The van der Waals surface area contributed by atoms with Gasteiger partial charge in [-0.3, -0.25) is 0 Å². The predicted octanol–water partition coefficient (Wildman–Crippen LogP) is 3.86. The number of nitrogens with two attached hydrogens (primary N) is 1. The molecule has 0 radical (unpaired) electrons. The fourth-order valence-corrected chi connectivity index (χ4v) is 3.13. The third-order valence-corrected chi connectivity index (χ3v) is 4.12. The van der Waals surface area contributed by atoms with Crippen LogP contribution in [0.3, 0.4) is 0 Å². The molecule has 4 nitrogen and oxygen atoms in total. The van der Waals surface area contributed by atoms with E-state index in [1.807, 2.05) is 51.1 Å². The maximum Gasteiger partial charge on any atom is 0.143 e. The number of anilines is 1. The van der Waals surface area contributed by atoms with Crippen molar-refractivity contribution in [1.29, 1.82) is 10.5 Å². The molecule has 0 saturated heterocycles. The third-order valence-electron chi connectivity index (χ3n) is 3.12. The van der Waals surface area contributed by atoms with E-state index in [-0.39, 0.29) is 11.2 Å². The van der Waals surface area contributed by atoms with Gasteiger partial charge in [0, 0.05) is 4.90 Å². The van der Waals surface area contributed by atoms with Crippen molar-refractivity contribution < 1.29 is 0 Å². The second-order valence-corrected chi connectivity index (χ2v) is 6.88. The molecular weight excluding hydrogens is 292 g/mol. The first-order chi connectivity index (χ1) is 10.4. The molecule has 2 aromatic rings. The van der Waals surface area contributed by atoms with Crippen LogP contribution < -0.4 is 5.73 Å². The maximum atomic E-state index is 9.60. The minimum absolute atomic E-state index is 0.171. The molecule has 0 unspecified atom stereocenters. The smallest absolute Gasteiger partial charge is 0.143 e. The van der Waals surface area contributed by atoms with Gasteiger partial charge >= 0.3 is 0 Å². The molecule has 110 valence electrons. The van der Waals surface area contributed by atoms with Gasteiger partial charge in [0.1, 0.15) is 23.0 Å². The highest BCUT2D eigenvalue weighted by Crippen LogP contribution is 2.38. The Hall–Kier alpha value is -2.50. The van der Waals surface area contributed by atoms with Crippen molar-refractivity contribution in [3.63, 3.8) is 0 Å². The zero-order chi connectivity index (χ0) is 16.3. The van der Waals surface area contributed by atoms with Crippen molar-refractivity contribution in [2.45, 2.75) is 36.1 Å². The van der Waals surface area contributed by atoms with Crippen LogP contribution in [0.1, 0.15) is 37.5 Å². The van der Waals surface area contributed by atoms with E-state index in [9.17, 15) is 10.5 Å². The average Bonchev–Trinajstić information content (AvgIpc) is 2.46. The fourth-order valence-electron chi connectivity index (χ4n) is 2.22. The molecule has 0 spiro atoms. The van der Waals surface area contributed by atoms with Crippen LogP contribution in [-0.2, 0) is 5.41 Å². The summed E-state index contributed by atoms with van der Waals surface area (Å²) >= 11 is 1.38. The molecule has 5 heteroatoms. The summed E-state index contributed by atoms with van der Waals surface area (Å²) in [5.74, 6) is 0.171. The largest absolute Gasteiger partial charge is 0.383 e. The molecule has 0 aliphatic heterocycles. The second-order valence-electron chi connectivity index (χ2n) is 5.82. The lowest BCUT2D eigenvalue weighted by Crippen LogP contribution is -2.18. The Bertz CT molecular complexity index is 778. The van der Waals surface area contributed by atoms with Gasteiger partial charge < -0.3 is 5.73 Å². The molecule has 1 aromatic heterocycles. The topological polar surface area (TPSA) is 86.5 Å². The van der Waals surface area contributed by atoms with Gasteiger partial charge in [-0.25, -0.2) is 4.98 Å². The number of benzene rings is 1. The Morgan fingerprint density at radius 3 is 2.14 bits per heavy atom. The van der Waals surface area contributed by atoms with Crippen molar-refractivity contribution in [2.75, 3.05) is 5.73 Å². The monoisotopic (exact) mass is 308 g/mol. The first-order valence-electron chi connectivity index (χ1n) is 6.75. The Morgan fingerprint density at radius 1 is 1.05 bits per heavy atom. The standard InChI is InChI=1S/C17H16N4S/c1-17(2,3)14-12(9-18)15(20)21-16(13(14)10-19)22-11-7-5-4-6-8-11/h4-8H,1-3H3,(H2,20,21). The third kappa shape index (κ3) is 3.05. The summed E-state index contributed by atoms with van der Waals surface area (Å²) in [5, 5.41) is 19.5. The molecule has 0 amide bonds. The molecule has 0 aliphatic carbocycles. The van der Waals surface area contributed by atoms with Gasteiger partial charge in [-0.2, -0.15) is 10.5 Å². The number of nitrogens with zero attached hydrogens (tertiary/aromatic N) is 3. The Labute approximate surface area is 134 Å². The Morgan fingerprint density at radius 2 is 1.64 bits per heavy atom. The molecule has 0 aliphatic rings. The van der Waals surface area contributed by atoms with E-state index in [0.29, 0.717) is 21.7 Å². The summed E-state index contributed by atoms with van der Waals surface area (Å²) in [6.45, 7) is 5.88. The van der Waals surface area contributed by atoms with E-state index in [1.54, 1.807) is 0 Å². The van der Waals surface area contributed by atoms with Crippen molar-refractivity contribution in [3.05, 3.63) is 47.0 Å². The number of aromatic nitrogens is 1. The summed E-state index contributed by atoms with van der Waals surface area (Å²) < 4.78 is 0. The van der Waals surface area contributed by atoms with E-state index < -0.39 is 0 Å². The highest BCUT2D eigenvalue weighted by atomic mass is 32.2. The quantitative estimate of drug-likeness (QED) is 0.910. The van der Waals surface area contributed by atoms with Crippen LogP contribution in [-0.4, -0.2) is 4.98 Å². The van der Waals surface area contributed by atoms with Crippen molar-refractivity contribution in [1.82, 2.24) is 4.98 Å². The van der Waals surface area contributed by atoms with Crippen LogP contribution in [0.25, 0.3) is 0 Å². The number of nitrogen functional groups attached to an aromatic ring is 1. The second kappa shape index (κ2) is 6.09. The summed E-state index contributed by atoms with van der Waals surface area (Å²) in [6.07, 6.45) is 0. The van der Waals surface area contributed by atoms with Crippen LogP contribution >= 0.6 is 11.8 Å². The Balaban J connectivity index is 2.69. The van der Waals surface area contributed by atoms with Gasteiger partial charge in [-0.05, 0) is 23.1 Å². The normalized spacial score (nSPS) is 10.8. The summed E-state index contributed by atoms with van der Waals surface area (Å²) in [6, 6.07) is 13.9. The first-order valence-corrected chi connectivity index (χ1v) is 7.57. The molecule has 2 rings (SSSR count).